The first-order valence-corrected chi connectivity index (χ1v) is 7.64. The molecule has 1 aromatic carbocycles. The molecule has 2 rings (SSSR count). The molecule has 21 heavy (non-hydrogen) atoms. The van der Waals surface area contributed by atoms with Crippen molar-refractivity contribution in [3.05, 3.63) is 35.9 Å². The van der Waals surface area contributed by atoms with Crippen LogP contribution in [0.15, 0.2) is 30.3 Å². The Morgan fingerprint density at radius 1 is 1.24 bits per heavy atom. The van der Waals surface area contributed by atoms with Crippen LogP contribution in [0.5, 0.6) is 0 Å². The van der Waals surface area contributed by atoms with E-state index >= 15 is 0 Å². The van der Waals surface area contributed by atoms with Crippen LogP contribution in [0.3, 0.4) is 0 Å². The highest BCUT2D eigenvalue weighted by Crippen LogP contribution is 2.47. The third kappa shape index (κ3) is 3.43. The highest BCUT2D eigenvalue weighted by Gasteiger charge is 2.57. The van der Waals surface area contributed by atoms with Crippen molar-refractivity contribution in [3.63, 3.8) is 0 Å². The highest BCUT2D eigenvalue weighted by molar-refractivity contribution is 6.07. The maximum absolute atomic E-state index is 12.8. The monoisotopic (exact) mass is 288 g/mol. The summed E-state index contributed by atoms with van der Waals surface area (Å²) in [7, 11) is 0. The molecule has 1 aliphatic carbocycles. The van der Waals surface area contributed by atoms with Gasteiger partial charge < -0.3 is 10.2 Å². The van der Waals surface area contributed by atoms with E-state index in [0.717, 1.165) is 5.56 Å². The van der Waals surface area contributed by atoms with Crippen molar-refractivity contribution in [1.82, 2.24) is 10.2 Å². The van der Waals surface area contributed by atoms with Crippen LogP contribution in [0.1, 0.15) is 39.2 Å². The van der Waals surface area contributed by atoms with Gasteiger partial charge in [-0.25, -0.2) is 0 Å². The lowest BCUT2D eigenvalue weighted by atomic mass is 10.0. The SMILES string of the molecule is CCN(Cc1ccccc1)C(=O)C1(C(=O)NC(C)C)CC1. The first-order chi connectivity index (χ1) is 9.99. The quantitative estimate of drug-likeness (QED) is 0.817. The number of nitrogens with one attached hydrogen (secondary N) is 1. The lowest BCUT2D eigenvalue weighted by Gasteiger charge is -2.26. The van der Waals surface area contributed by atoms with Gasteiger partial charge in [-0.3, -0.25) is 9.59 Å². The van der Waals surface area contributed by atoms with Crippen molar-refractivity contribution < 1.29 is 9.59 Å². The molecule has 0 aromatic heterocycles. The third-order valence-electron chi connectivity index (χ3n) is 3.90. The van der Waals surface area contributed by atoms with Gasteiger partial charge in [0.15, 0.2) is 0 Å². The second-order valence-electron chi connectivity index (χ2n) is 6.02. The lowest BCUT2D eigenvalue weighted by molar-refractivity contribution is -0.144. The molecule has 0 bridgehead atoms. The van der Waals surface area contributed by atoms with Gasteiger partial charge in [-0.1, -0.05) is 30.3 Å². The Labute approximate surface area is 126 Å². The summed E-state index contributed by atoms with van der Waals surface area (Å²) >= 11 is 0. The van der Waals surface area contributed by atoms with Crippen LogP contribution < -0.4 is 5.32 Å². The lowest BCUT2D eigenvalue weighted by Crippen LogP contribution is -2.46. The Morgan fingerprint density at radius 2 is 1.86 bits per heavy atom. The van der Waals surface area contributed by atoms with Crippen LogP contribution in [-0.4, -0.2) is 29.3 Å². The summed E-state index contributed by atoms with van der Waals surface area (Å²) in [5.41, 5.74) is 0.280. The van der Waals surface area contributed by atoms with Crippen molar-refractivity contribution in [3.8, 4) is 0 Å². The van der Waals surface area contributed by atoms with Gasteiger partial charge in [0.25, 0.3) is 0 Å². The maximum Gasteiger partial charge on any atom is 0.238 e. The van der Waals surface area contributed by atoms with Crippen molar-refractivity contribution >= 4 is 11.8 Å². The third-order valence-corrected chi connectivity index (χ3v) is 3.90. The average Bonchev–Trinajstić information content (AvgIpc) is 3.26. The van der Waals surface area contributed by atoms with Gasteiger partial charge in [0.1, 0.15) is 5.41 Å². The number of hydrogen-bond donors (Lipinski definition) is 1. The minimum Gasteiger partial charge on any atom is -0.353 e. The topological polar surface area (TPSA) is 49.4 Å². The number of benzene rings is 1. The fraction of sp³-hybridized carbons (Fsp3) is 0.529. The number of carbonyl (C=O) groups is 2. The second-order valence-corrected chi connectivity index (χ2v) is 6.02. The highest BCUT2D eigenvalue weighted by atomic mass is 16.2. The Hall–Kier alpha value is -1.84. The van der Waals surface area contributed by atoms with E-state index in [9.17, 15) is 9.59 Å². The van der Waals surface area contributed by atoms with Gasteiger partial charge >= 0.3 is 0 Å². The smallest absolute Gasteiger partial charge is 0.238 e. The van der Waals surface area contributed by atoms with Crippen LogP contribution in [0.2, 0.25) is 0 Å². The fourth-order valence-electron chi connectivity index (χ4n) is 2.50. The molecule has 0 aliphatic heterocycles. The predicted molar refractivity (Wildman–Crippen MR) is 82.5 cm³/mol. The molecule has 1 aliphatic rings. The summed E-state index contributed by atoms with van der Waals surface area (Å²) in [6.07, 6.45) is 1.32. The summed E-state index contributed by atoms with van der Waals surface area (Å²) < 4.78 is 0. The zero-order valence-corrected chi connectivity index (χ0v) is 13.1. The molecule has 0 spiro atoms. The molecule has 0 saturated heterocycles. The molecule has 0 radical (unpaired) electrons. The zero-order valence-electron chi connectivity index (χ0n) is 13.1. The molecular weight excluding hydrogens is 264 g/mol. The number of rotatable bonds is 6. The normalized spacial score (nSPS) is 15.6. The van der Waals surface area contributed by atoms with Crippen LogP contribution in [-0.2, 0) is 16.1 Å². The van der Waals surface area contributed by atoms with Gasteiger partial charge in [-0.05, 0) is 39.2 Å². The van der Waals surface area contributed by atoms with Crippen LogP contribution in [0.4, 0.5) is 0 Å². The molecule has 1 N–H and O–H groups in total. The van der Waals surface area contributed by atoms with Crippen LogP contribution in [0.25, 0.3) is 0 Å². The van der Waals surface area contributed by atoms with E-state index in [1.807, 2.05) is 51.1 Å². The molecule has 114 valence electrons. The molecule has 0 heterocycles. The molecular formula is C17H24N2O2. The standard InChI is InChI=1S/C17H24N2O2/c1-4-19(12-14-8-6-5-7-9-14)16(21)17(10-11-17)15(20)18-13(2)3/h5-9,13H,4,10-12H2,1-3H3,(H,18,20). The first kappa shape index (κ1) is 15.5. The van der Waals surface area contributed by atoms with E-state index in [0.29, 0.717) is 25.9 Å². The maximum atomic E-state index is 12.8. The second kappa shape index (κ2) is 6.29. The summed E-state index contributed by atoms with van der Waals surface area (Å²) in [5.74, 6) is -0.152. The molecule has 1 aromatic rings. The van der Waals surface area contributed by atoms with E-state index in [1.54, 1.807) is 4.90 Å². The van der Waals surface area contributed by atoms with E-state index in [-0.39, 0.29) is 17.9 Å². The van der Waals surface area contributed by atoms with Gasteiger partial charge in [0, 0.05) is 19.1 Å². The molecule has 0 atom stereocenters. The number of carbonyl (C=O) groups excluding carboxylic acids is 2. The van der Waals surface area contributed by atoms with Crippen molar-refractivity contribution in [1.29, 1.82) is 0 Å². The van der Waals surface area contributed by atoms with E-state index < -0.39 is 5.41 Å². The predicted octanol–water partition coefficient (Wildman–Crippen LogP) is 2.34. The van der Waals surface area contributed by atoms with Crippen molar-refractivity contribution in [2.75, 3.05) is 6.54 Å². The molecule has 1 saturated carbocycles. The summed E-state index contributed by atoms with van der Waals surface area (Å²) in [5, 5.41) is 2.88. The fourth-order valence-corrected chi connectivity index (χ4v) is 2.50. The minimum absolute atomic E-state index is 0.0352. The van der Waals surface area contributed by atoms with Crippen molar-refractivity contribution in [2.24, 2.45) is 5.41 Å². The summed E-state index contributed by atoms with van der Waals surface area (Å²) in [6.45, 7) is 6.97. The number of nitrogens with zero attached hydrogens (tertiary/aromatic N) is 1. The Balaban J connectivity index is 2.08. The van der Waals surface area contributed by atoms with Gasteiger partial charge in [-0.15, -0.1) is 0 Å². The van der Waals surface area contributed by atoms with E-state index in [2.05, 4.69) is 5.32 Å². The largest absolute Gasteiger partial charge is 0.353 e. The van der Waals surface area contributed by atoms with Gasteiger partial charge in [0.2, 0.25) is 11.8 Å². The van der Waals surface area contributed by atoms with Crippen molar-refractivity contribution in [2.45, 2.75) is 46.2 Å². The van der Waals surface area contributed by atoms with E-state index in [1.165, 1.54) is 0 Å². The van der Waals surface area contributed by atoms with Crippen LogP contribution >= 0.6 is 0 Å². The number of amides is 2. The molecule has 2 amide bonds. The van der Waals surface area contributed by atoms with Gasteiger partial charge in [0.05, 0.1) is 0 Å². The van der Waals surface area contributed by atoms with Gasteiger partial charge in [-0.2, -0.15) is 0 Å². The molecule has 4 heteroatoms. The Morgan fingerprint density at radius 3 is 2.33 bits per heavy atom. The summed E-state index contributed by atoms with van der Waals surface area (Å²) in [6, 6.07) is 9.96. The Bertz CT molecular complexity index is 507. The zero-order chi connectivity index (χ0) is 15.5. The molecule has 4 nitrogen and oxygen atoms in total. The average molecular weight is 288 g/mol. The molecule has 1 fully saturated rings. The minimum atomic E-state index is -0.810. The van der Waals surface area contributed by atoms with E-state index in [4.69, 9.17) is 0 Å². The van der Waals surface area contributed by atoms with Crippen LogP contribution in [0, 0.1) is 5.41 Å². The first-order valence-electron chi connectivity index (χ1n) is 7.64. The number of hydrogen-bond acceptors (Lipinski definition) is 2. The Kier molecular flexibility index (Phi) is 4.66. The molecule has 0 unspecified atom stereocenters. The summed E-state index contributed by atoms with van der Waals surface area (Å²) in [4.78, 5) is 26.8.